The summed E-state index contributed by atoms with van der Waals surface area (Å²) < 4.78 is 38.7. The SMILES string of the molecule is CN1CCc2cc([C@H](CNC(=O)C(=O)Nc3cccc(C(F)(F)F)c3)N3CCCC3)ccc21. The van der Waals surface area contributed by atoms with Crippen molar-refractivity contribution in [1.29, 1.82) is 0 Å². The normalized spacial score (nSPS) is 17.0. The Balaban J connectivity index is 1.42. The third-order valence-electron chi connectivity index (χ3n) is 6.31. The highest BCUT2D eigenvalue weighted by atomic mass is 19.4. The number of anilines is 2. The van der Waals surface area contributed by atoms with E-state index in [2.05, 4.69) is 45.7 Å². The van der Waals surface area contributed by atoms with Crippen molar-refractivity contribution in [2.75, 3.05) is 43.4 Å². The minimum atomic E-state index is -4.53. The third kappa shape index (κ3) is 5.30. The fraction of sp³-hybridized carbons (Fsp3) is 0.417. The number of hydrogen-bond acceptors (Lipinski definition) is 4. The first-order valence-electron chi connectivity index (χ1n) is 11.1. The Morgan fingerprint density at radius 1 is 1.03 bits per heavy atom. The van der Waals surface area contributed by atoms with Crippen molar-refractivity contribution in [3.8, 4) is 0 Å². The van der Waals surface area contributed by atoms with Gasteiger partial charge in [-0.05, 0) is 67.7 Å². The zero-order valence-corrected chi connectivity index (χ0v) is 18.4. The molecule has 0 saturated carbocycles. The van der Waals surface area contributed by atoms with Crippen molar-refractivity contribution in [2.24, 2.45) is 0 Å². The first-order valence-corrected chi connectivity index (χ1v) is 11.1. The fourth-order valence-electron chi connectivity index (χ4n) is 4.54. The molecule has 2 aliphatic rings. The molecule has 0 radical (unpaired) electrons. The standard InChI is InChI=1S/C24H27F3N4O2/c1-30-12-9-17-13-16(7-8-20(17)30)21(31-10-2-3-11-31)15-28-22(32)23(33)29-19-6-4-5-18(14-19)24(25,26)27/h4-8,13-14,21H,2-3,9-12,15H2,1H3,(H,28,32)(H,29,33)/t21-/m0/s1. The zero-order chi connectivity index (χ0) is 23.6. The average molecular weight is 461 g/mol. The quantitative estimate of drug-likeness (QED) is 0.670. The topological polar surface area (TPSA) is 64.7 Å². The smallest absolute Gasteiger partial charge is 0.374 e. The molecule has 0 aliphatic carbocycles. The largest absolute Gasteiger partial charge is 0.416 e. The number of carbonyl (C=O) groups is 2. The molecule has 33 heavy (non-hydrogen) atoms. The second-order valence-electron chi connectivity index (χ2n) is 8.56. The molecule has 9 heteroatoms. The predicted molar refractivity (Wildman–Crippen MR) is 120 cm³/mol. The third-order valence-corrected chi connectivity index (χ3v) is 6.31. The van der Waals surface area contributed by atoms with E-state index >= 15 is 0 Å². The van der Waals surface area contributed by atoms with Gasteiger partial charge < -0.3 is 15.5 Å². The lowest BCUT2D eigenvalue weighted by Crippen LogP contribution is -2.41. The molecule has 1 atom stereocenters. The molecule has 0 bridgehead atoms. The minimum Gasteiger partial charge on any atom is -0.374 e. The number of alkyl halides is 3. The minimum absolute atomic E-state index is 0.0750. The van der Waals surface area contributed by atoms with Gasteiger partial charge in [0, 0.05) is 31.5 Å². The van der Waals surface area contributed by atoms with Crippen LogP contribution >= 0.6 is 0 Å². The number of amides is 2. The van der Waals surface area contributed by atoms with Gasteiger partial charge in [0.1, 0.15) is 0 Å². The number of halogens is 3. The number of likely N-dealkylation sites (tertiary alicyclic amines) is 1. The molecular weight excluding hydrogens is 433 g/mol. The predicted octanol–water partition coefficient (Wildman–Crippen LogP) is 3.59. The molecule has 0 aromatic heterocycles. The molecule has 0 spiro atoms. The molecule has 2 aromatic rings. The van der Waals surface area contributed by atoms with Crippen molar-refractivity contribution in [3.05, 3.63) is 59.2 Å². The van der Waals surface area contributed by atoms with Gasteiger partial charge in [0.2, 0.25) is 0 Å². The highest BCUT2D eigenvalue weighted by Gasteiger charge is 2.31. The van der Waals surface area contributed by atoms with Gasteiger partial charge in [0.15, 0.2) is 0 Å². The van der Waals surface area contributed by atoms with Crippen LogP contribution in [0.5, 0.6) is 0 Å². The van der Waals surface area contributed by atoms with E-state index in [9.17, 15) is 22.8 Å². The van der Waals surface area contributed by atoms with Gasteiger partial charge in [-0.1, -0.05) is 18.2 Å². The molecule has 6 nitrogen and oxygen atoms in total. The molecule has 176 valence electrons. The van der Waals surface area contributed by atoms with Crippen LogP contribution in [0.3, 0.4) is 0 Å². The lowest BCUT2D eigenvalue weighted by Gasteiger charge is -2.28. The van der Waals surface area contributed by atoms with Crippen LogP contribution in [-0.2, 0) is 22.2 Å². The Labute approximate surface area is 190 Å². The molecule has 1 saturated heterocycles. The van der Waals surface area contributed by atoms with Gasteiger partial charge in [-0.2, -0.15) is 13.2 Å². The van der Waals surface area contributed by atoms with Gasteiger partial charge in [-0.3, -0.25) is 14.5 Å². The van der Waals surface area contributed by atoms with E-state index in [1.807, 2.05) is 0 Å². The second-order valence-corrected chi connectivity index (χ2v) is 8.56. The van der Waals surface area contributed by atoms with Crippen LogP contribution in [0, 0.1) is 0 Å². The van der Waals surface area contributed by atoms with Crippen molar-refractivity contribution in [1.82, 2.24) is 10.2 Å². The molecular formula is C24H27F3N4O2. The van der Waals surface area contributed by atoms with Crippen molar-refractivity contribution in [2.45, 2.75) is 31.5 Å². The maximum Gasteiger partial charge on any atom is 0.416 e. The summed E-state index contributed by atoms with van der Waals surface area (Å²) in [6.45, 7) is 3.03. The Morgan fingerprint density at radius 3 is 2.52 bits per heavy atom. The van der Waals surface area contributed by atoms with Gasteiger partial charge in [-0.25, -0.2) is 0 Å². The van der Waals surface area contributed by atoms with Crippen molar-refractivity contribution < 1.29 is 22.8 Å². The number of likely N-dealkylation sites (N-methyl/N-ethyl adjacent to an activating group) is 1. The number of hydrogen-bond donors (Lipinski definition) is 2. The Kier molecular flexibility index (Phi) is 6.60. The lowest BCUT2D eigenvalue weighted by atomic mass is 10.0. The van der Waals surface area contributed by atoms with Gasteiger partial charge in [-0.15, -0.1) is 0 Å². The number of fused-ring (bicyclic) bond motifs is 1. The van der Waals surface area contributed by atoms with Gasteiger partial charge in [0.25, 0.3) is 0 Å². The molecule has 0 unspecified atom stereocenters. The fourth-order valence-corrected chi connectivity index (χ4v) is 4.54. The van der Waals surface area contributed by atoms with E-state index in [0.717, 1.165) is 56.6 Å². The van der Waals surface area contributed by atoms with Gasteiger partial charge >= 0.3 is 18.0 Å². The summed E-state index contributed by atoms with van der Waals surface area (Å²) in [6.07, 6.45) is -1.41. The summed E-state index contributed by atoms with van der Waals surface area (Å²) in [7, 11) is 2.06. The first-order chi connectivity index (χ1) is 15.7. The summed E-state index contributed by atoms with van der Waals surface area (Å²) in [5.41, 5.74) is 2.60. The number of nitrogens with one attached hydrogen (secondary N) is 2. The van der Waals surface area contributed by atoms with Crippen LogP contribution in [-0.4, -0.2) is 49.9 Å². The summed E-state index contributed by atoms with van der Waals surface area (Å²) in [4.78, 5) is 29.3. The van der Waals surface area contributed by atoms with E-state index in [1.165, 1.54) is 23.4 Å². The molecule has 2 aliphatic heterocycles. The number of nitrogens with zero attached hydrogens (tertiary/aromatic N) is 2. The number of carbonyl (C=O) groups excluding carboxylic acids is 2. The Hall–Kier alpha value is -3.07. The molecule has 2 amide bonds. The molecule has 1 fully saturated rings. The average Bonchev–Trinajstić information content (AvgIpc) is 3.44. The highest BCUT2D eigenvalue weighted by molar-refractivity contribution is 6.39. The van der Waals surface area contributed by atoms with Crippen LogP contribution in [0.25, 0.3) is 0 Å². The molecule has 2 heterocycles. The van der Waals surface area contributed by atoms with Gasteiger partial charge in [0.05, 0.1) is 11.6 Å². The van der Waals surface area contributed by atoms with Crippen LogP contribution in [0.1, 0.15) is 35.6 Å². The summed E-state index contributed by atoms with van der Waals surface area (Å²) in [5.74, 6) is -1.87. The van der Waals surface area contributed by atoms with Crippen molar-refractivity contribution in [3.63, 3.8) is 0 Å². The molecule has 2 N–H and O–H groups in total. The van der Waals surface area contributed by atoms with Crippen molar-refractivity contribution >= 4 is 23.2 Å². The molecule has 2 aromatic carbocycles. The maximum absolute atomic E-state index is 12.9. The van der Waals surface area contributed by atoms with Crippen LogP contribution in [0.2, 0.25) is 0 Å². The van der Waals surface area contributed by atoms with E-state index in [0.29, 0.717) is 0 Å². The lowest BCUT2D eigenvalue weighted by molar-refractivity contribution is -0.137. The van der Waals surface area contributed by atoms with E-state index in [1.54, 1.807) is 0 Å². The summed E-state index contributed by atoms with van der Waals surface area (Å²) in [5, 5.41) is 4.93. The highest BCUT2D eigenvalue weighted by Crippen LogP contribution is 2.32. The first kappa shape index (κ1) is 23.1. The monoisotopic (exact) mass is 460 g/mol. The Morgan fingerprint density at radius 2 is 1.79 bits per heavy atom. The van der Waals surface area contributed by atoms with Crippen LogP contribution in [0.15, 0.2) is 42.5 Å². The zero-order valence-electron chi connectivity index (χ0n) is 18.4. The van der Waals surface area contributed by atoms with E-state index in [-0.39, 0.29) is 18.3 Å². The maximum atomic E-state index is 12.9. The Bertz CT molecular complexity index is 1030. The molecule has 4 rings (SSSR count). The second kappa shape index (κ2) is 9.43. The summed E-state index contributed by atoms with van der Waals surface area (Å²) >= 11 is 0. The van der Waals surface area contributed by atoms with Crippen LogP contribution in [0.4, 0.5) is 24.5 Å². The van der Waals surface area contributed by atoms with Crippen LogP contribution < -0.4 is 15.5 Å². The summed E-state index contributed by atoms with van der Waals surface area (Å²) in [6, 6.07) is 10.5. The van der Waals surface area contributed by atoms with E-state index < -0.39 is 23.6 Å². The van der Waals surface area contributed by atoms with E-state index in [4.69, 9.17) is 0 Å². The number of benzene rings is 2. The number of rotatable bonds is 5.